The van der Waals surface area contributed by atoms with Crippen LogP contribution in [-0.2, 0) is 77.9 Å². The van der Waals surface area contributed by atoms with Gasteiger partial charge in [-0.25, -0.2) is 0 Å². The summed E-state index contributed by atoms with van der Waals surface area (Å²) in [4.78, 5) is 35.7. The molecule has 0 unspecified atom stereocenters. The van der Waals surface area contributed by atoms with E-state index in [1.54, 1.807) is 60.7 Å². The average molecular weight is 1060 g/mol. The predicted octanol–water partition coefficient (Wildman–Crippen LogP) is -0.194. The van der Waals surface area contributed by atoms with Gasteiger partial charge in [-0.15, -0.1) is 23.0 Å². The number of rotatable bonds is 14. The summed E-state index contributed by atoms with van der Waals surface area (Å²) in [5.74, 6) is -2.55. The molecule has 4 rings (SSSR count). The number of aliphatic imine (C=N–C) groups is 4. The monoisotopic (exact) mass is 1060 g/mol. The molecule has 0 N–H and O–H groups in total. The second-order valence-electron chi connectivity index (χ2n) is 11.9. The van der Waals surface area contributed by atoms with Crippen molar-refractivity contribution >= 4 is 35.8 Å². The molecule has 0 saturated heterocycles. The molecule has 0 aliphatic rings. The van der Waals surface area contributed by atoms with E-state index in [1.807, 2.05) is 0 Å². The van der Waals surface area contributed by atoms with E-state index in [1.165, 1.54) is 78.6 Å². The largest absolute Gasteiger partial charge is 2.00 e. The van der Waals surface area contributed by atoms with Crippen molar-refractivity contribution in [2.75, 3.05) is 40.4 Å². The number of benzene rings is 4. The van der Waals surface area contributed by atoms with Gasteiger partial charge in [0.15, 0.2) is 11.6 Å². The van der Waals surface area contributed by atoms with E-state index in [0.717, 1.165) is 12.2 Å². The van der Waals surface area contributed by atoms with E-state index in [0.29, 0.717) is 11.1 Å². The molecule has 16 nitrogen and oxygen atoms in total. The molecular weight excluding hydrogens is 1010 g/mol. The minimum atomic E-state index is -0.559. The van der Waals surface area contributed by atoms with Crippen LogP contribution in [-0.4, -0.2) is 76.2 Å². The number of carbonyl (C=O) groups is 2. The maximum Gasteiger partial charge on any atom is 2.00 e. The van der Waals surface area contributed by atoms with Gasteiger partial charge in [0, 0.05) is 12.4 Å². The van der Waals surface area contributed by atoms with Gasteiger partial charge in [-0.05, 0) is 72.2 Å². The van der Waals surface area contributed by atoms with Crippen LogP contribution in [0.4, 0.5) is 0 Å². The molecule has 0 aliphatic heterocycles. The molecule has 0 spiro atoms. The normalized spacial score (nSPS) is 11.0. The van der Waals surface area contributed by atoms with E-state index in [2.05, 4.69) is 20.0 Å². The van der Waals surface area contributed by atoms with Crippen LogP contribution in [0.15, 0.2) is 129 Å². The molecule has 64 heavy (non-hydrogen) atoms. The molecule has 0 aromatic heterocycles. The first-order chi connectivity index (χ1) is 28.5. The first-order valence-corrected chi connectivity index (χ1v) is 17.9. The Bertz CT molecular complexity index is 2040. The fourth-order valence-corrected chi connectivity index (χ4v) is 4.36. The van der Waals surface area contributed by atoms with Crippen LogP contribution < -0.4 is 50.3 Å². The van der Waals surface area contributed by atoms with Crippen LogP contribution in [0, 0.1) is 0 Å². The van der Waals surface area contributed by atoms with Crippen molar-refractivity contribution in [3.63, 3.8) is 0 Å². The number of para-hydroxylation sites is 4. The zero-order valence-electron chi connectivity index (χ0n) is 35.3. The fourth-order valence-electron chi connectivity index (χ4n) is 4.36. The van der Waals surface area contributed by atoms with Gasteiger partial charge in [-0.3, -0.25) is 29.6 Å². The number of ketones is 2. The number of hydrogen-bond acceptors (Lipinski definition) is 16. The van der Waals surface area contributed by atoms with Gasteiger partial charge < -0.3 is 50.3 Å². The van der Waals surface area contributed by atoms with Crippen molar-refractivity contribution in [1.29, 1.82) is 0 Å². The molecule has 4 radical (unpaired) electrons. The Kier molecular flexibility index (Phi) is 37.5. The number of hydrogen-bond donors (Lipinski definition) is 0. The Balaban J connectivity index is -0.000000414. The number of allylic oxidation sites excluding steroid dienone is 4. The molecule has 0 amide bonds. The zero-order chi connectivity index (χ0) is 45.0. The maximum absolute atomic E-state index is 11.9. The summed E-state index contributed by atoms with van der Waals surface area (Å²) in [5, 5.41) is 90.1. The molecule has 0 heterocycles. The summed E-state index contributed by atoms with van der Waals surface area (Å²) >= 11 is 0. The average Bonchev–Trinajstić information content (AvgIpc) is 3.18. The summed E-state index contributed by atoms with van der Waals surface area (Å²) in [7, 11) is 2.85. The molecule has 20 heteroatoms. The van der Waals surface area contributed by atoms with Crippen LogP contribution in [0.25, 0.3) is 0 Å². The third kappa shape index (κ3) is 26.8. The van der Waals surface area contributed by atoms with Crippen molar-refractivity contribution in [3.8, 4) is 34.5 Å². The molecule has 348 valence electrons. The van der Waals surface area contributed by atoms with Gasteiger partial charge in [0.25, 0.3) is 0 Å². The van der Waals surface area contributed by atoms with E-state index in [-0.39, 0.29) is 163 Å². The predicted molar refractivity (Wildman–Crippen MR) is 213 cm³/mol. The SMILES string of the molecule is CC(=O)/C=C(/C)[O-].CC(=O)/C=C(/C)[O-].COc1cccc(C=NCCN=C([O-])c2ccccc2[O-])c1[O-].COc1cccc(C=NCCN=C([O-])c2ccccc2[O-])c1[O-].[Cu+2].[Cu+2].[Mn+2].[Mn+2]. The van der Waals surface area contributed by atoms with Crippen LogP contribution in [0.3, 0.4) is 0 Å². The van der Waals surface area contributed by atoms with E-state index < -0.39 is 11.8 Å². The Labute approximate surface area is 414 Å². The van der Waals surface area contributed by atoms with Crippen LogP contribution in [0.1, 0.15) is 49.9 Å². The van der Waals surface area contributed by atoms with Crippen LogP contribution >= 0.6 is 0 Å². The maximum atomic E-state index is 11.9. The Hall–Kier alpha value is -5.54. The van der Waals surface area contributed by atoms with E-state index >= 15 is 0 Å². The second-order valence-corrected chi connectivity index (χ2v) is 11.9. The number of nitrogens with zero attached hydrogens (tertiary/aromatic N) is 4. The summed E-state index contributed by atoms with van der Waals surface area (Å²) in [6, 6.07) is 21.7. The summed E-state index contributed by atoms with van der Waals surface area (Å²) in [5.41, 5.74) is 0.901. The molecule has 4 aromatic carbocycles. The van der Waals surface area contributed by atoms with Gasteiger partial charge in [-0.1, -0.05) is 98.1 Å². The quantitative estimate of drug-likeness (QED) is 0.0397. The Morgan fingerprint density at radius 1 is 0.516 bits per heavy atom. The smallest absolute Gasteiger partial charge is 0.876 e. The van der Waals surface area contributed by atoms with E-state index in [9.17, 15) is 50.4 Å². The van der Waals surface area contributed by atoms with Gasteiger partial charge in [0.2, 0.25) is 0 Å². The van der Waals surface area contributed by atoms with Gasteiger partial charge in [-0.2, -0.15) is 0 Å². The van der Waals surface area contributed by atoms with Crippen molar-refractivity contribution in [2.24, 2.45) is 20.0 Å². The molecule has 0 aliphatic carbocycles. The standard InChI is InChI=1S/2C17H18N2O4.2C5H8O2.2Cu.2Mn/c2*1-23-15-8-4-5-12(16(15)21)11-18-9-10-19-17(22)13-6-2-3-7-14(13)20;2*1-4(6)3-5(2)7;;;;/h2*2-8,11,20-21H,9-10H2,1H3,(H,19,22);2*3,6H,1-2H3;;;;/q;;;;4*+2/p-8/b;;2*4-3-;;;;. The van der Waals surface area contributed by atoms with Gasteiger partial charge >= 0.3 is 68.3 Å². The fraction of sp³-hybridized carbons (Fsp3) is 0.227. The molecule has 0 saturated carbocycles. The molecular formula is C44H44Cu2Mn2N4O12. The molecule has 0 fully saturated rings. The van der Waals surface area contributed by atoms with Crippen molar-refractivity contribution in [1.82, 2.24) is 0 Å². The number of methoxy groups -OCH3 is 2. The zero-order valence-corrected chi connectivity index (χ0v) is 39.5. The van der Waals surface area contributed by atoms with Crippen LogP contribution in [0.2, 0.25) is 0 Å². The molecule has 0 atom stereocenters. The van der Waals surface area contributed by atoms with Crippen LogP contribution in [0.5, 0.6) is 34.5 Å². The Morgan fingerprint density at radius 3 is 1.11 bits per heavy atom. The summed E-state index contributed by atoms with van der Waals surface area (Å²) in [6.45, 7) is 6.15. The molecule has 4 aromatic rings. The molecule has 0 bridgehead atoms. The first kappa shape index (κ1) is 65.1. The number of ether oxygens (including phenoxy) is 2. The third-order valence-electron chi connectivity index (χ3n) is 6.94. The van der Waals surface area contributed by atoms with Crippen molar-refractivity contribution in [3.05, 3.63) is 131 Å². The third-order valence-corrected chi connectivity index (χ3v) is 6.94. The topological polar surface area (TPSA) is 287 Å². The van der Waals surface area contributed by atoms with Crippen molar-refractivity contribution in [2.45, 2.75) is 27.7 Å². The Morgan fingerprint density at radius 2 is 0.844 bits per heavy atom. The minimum Gasteiger partial charge on any atom is -0.876 e. The summed E-state index contributed by atoms with van der Waals surface area (Å²) < 4.78 is 9.88. The second kappa shape index (κ2) is 36.9. The van der Waals surface area contributed by atoms with Gasteiger partial charge in [0.05, 0.1) is 40.4 Å². The summed E-state index contributed by atoms with van der Waals surface area (Å²) in [6.07, 6.45) is 4.96. The number of carbonyl (C=O) groups excluding carboxylic acids is 2. The first-order valence-electron chi connectivity index (χ1n) is 17.9. The van der Waals surface area contributed by atoms with Crippen molar-refractivity contribution < 1.29 is 128 Å². The van der Waals surface area contributed by atoms with Gasteiger partial charge in [0.1, 0.15) is 11.5 Å². The van der Waals surface area contributed by atoms with E-state index in [4.69, 9.17) is 9.47 Å². The minimum absolute atomic E-state index is 0.